The maximum absolute atomic E-state index is 5.34. The van der Waals surface area contributed by atoms with Crippen LogP contribution >= 0.6 is 0 Å². The van der Waals surface area contributed by atoms with Gasteiger partial charge in [0.15, 0.2) is 0 Å². The summed E-state index contributed by atoms with van der Waals surface area (Å²) in [5.41, 5.74) is 1.17. The van der Waals surface area contributed by atoms with E-state index in [1.54, 1.807) is 14.2 Å². The Morgan fingerprint density at radius 1 is 1.19 bits per heavy atom. The fourth-order valence-electron chi connectivity index (χ4n) is 1.84. The van der Waals surface area contributed by atoms with E-state index in [1.165, 1.54) is 5.56 Å². The number of para-hydroxylation sites is 1. The van der Waals surface area contributed by atoms with Crippen molar-refractivity contribution in [3.63, 3.8) is 0 Å². The van der Waals surface area contributed by atoms with Crippen LogP contribution in [0, 0.1) is 0 Å². The van der Waals surface area contributed by atoms with Crippen LogP contribution in [0.2, 0.25) is 0 Å². The minimum Gasteiger partial charge on any atom is -0.496 e. The fourth-order valence-corrected chi connectivity index (χ4v) is 1.84. The summed E-state index contributed by atoms with van der Waals surface area (Å²) in [4.78, 5) is 0. The van der Waals surface area contributed by atoms with Crippen LogP contribution in [0.5, 0.6) is 5.75 Å². The molecule has 1 aromatic rings. The van der Waals surface area contributed by atoms with Gasteiger partial charge in [-0.15, -0.1) is 0 Å². The highest BCUT2D eigenvalue weighted by atomic mass is 16.5. The molecule has 0 heterocycles. The molecule has 0 amide bonds. The lowest BCUT2D eigenvalue weighted by Crippen LogP contribution is -2.32. The van der Waals surface area contributed by atoms with Gasteiger partial charge in [-0.3, -0.25) is 0 Å². The molecular formula is C13H21NO2. The van der Waals surface area contributed by atoms with Gasteiger partial charge in [0.25, 0.3) is 0 Å². The second-order valence-electron chi connectivity index (χ2n) is 3.99. The lowest BCUT2D eigenvalue weighted by molar-refractivity contribution is 0.167. The Kier molecular flexibility index (Phi) is 5.29. The zero-order valence-corrected chi connectivity index (χ0v) is 10.5. The van der Waals surface area contributed by atoms with Gasteiger partial charge < -0.3 is 14.8 Å². The molecule has 3 heteroatoms. The largest absolute Gasteiger partial charge is 0.496 e. The quantitative estimate of drug-likeness (QED) is 0.803. The van der Waals surface area contributed by atoms with Gasteiger partial charge in [0.05, 0.1) is 13.7 Å². The smallest absolute Gasteiger partial charge is 0.123 e. The lowest BCUT2D eigenvalue weighted by Gasteiger charge is -2.21. The van der Waals surface area contributed by atoms with Crippen molar-refractivity contribution in [1.82, 2.24) is 5.32 Å². The van der Waals surface area contributed by atoms with Gasteiger partial charge in [-0.25, -0.2) is 0 Å². The third-order valence-electron chi connectivity index (χ3n) is 2.56. The number of methoxy groups -OCH3 is 2. The molecule has 0 aliphatic heterocycles. The van der Waals surface area contributed by atoms with Gasteiger partial charge in [-0.2, -0.15) is 0 Å². The molecule has 0 saturated carbocycles. The van der Waals surface area contributed by atoms with E-state index in [9.17, 15) is 0 Å². The Balaban J connectivity index is 2.68. The second kappa shape index (κ2) is 6.51. The Morgan fingerprint density at radius 2 is 1.88 bits per heavy atom. The van der Waals surface area contributed by atoms with Gasteiger partial charge in [0.2, 0.25) is 0 Å². The van der Waals surface area contributed by atoms with Crippen molar-refractivity contribution < 1.29 is 9.47 Å². The molecule has 1 aromatic carbocycles. The maximum atomic E-state index is 5.34. The van der Waals surface area contributed by atoms with Crippen molar-refractivity contribution >= 4 is 0 Å². The van der Waals surface area contributed by atoms with E-state index in [0.717, 1.165) is 5.75 Å². The molecule has 0 aliphatic rings. The first kappa shape index (κ1) is 13.0. The topological polar surface area (TPSA) is 30.5 Å². The van der Waals surface area contributed by atoms with Crippen molar-refractivity contribution in [2.75, 3.05) is 20.8 Å². The van der Waals surface area contributed by atoms with Gasteiger partial charge >= 0.3 is 0 Å². The highest BCUT2D eigenvalue weighted by molar-refractivity contribution is 5.35. The highest BCUT2D eigenvalue weighted by Crippen LogP contribution is 2.24. The first-order valence-corrected chi connectivity index (χ1v) is 5.57. The normalized spacial score (nSPS) is 14.5. The number of ether oxygens (including phenoxy) is 2. The molecule has 0 saturated heterocycles. The fraction of sp³-hybridized carbons (Fsp3) is 0.538. The molecule has 0 spiro atoms. The number of hydrogen-bond donors (Lipinski definition) is 1. The number of hydrogen-bond acceptors (Lipinski definition) is 3. The Hall–Kier alpha value is -1.06. The van der Waals surface area contributed by atoms with Gasteiger partial charge in [0, 0.05) is 24.8 Å². The van der Waals surface area contributed by atoms with Crippen LogP contribution in [0.15, 0.2) is 24.3 Å². The molecular weight excluding hydrogens is 202 g/mol. The van der Waals surface area contributed by atoms with Crippen molar-refractivity contribution in [3.05, 3.63) is 29.8 Å². The van der Waals surface area contributed by atoms with Crippen LogP contribution < -0.4 is 10.1 Å². The van der Waals surface area contributed by atoms with Crippen LogP contribution in [-0.4, -0.2) is 26.9 Å². The van der Waals surface area contributed by atoms with E-state index in [0.29, 0.717) is 12.6 Å². The molecule has 0 aliphatic carbocycles. The Morgan fingerprint density at radius 3 is 2.50 bits per heavy atom. The molecule has 0 fully saturated rings. The molecule has 1 rings (SSSR count). The molecule has 0 radical (unpaired) electrons. The lowest BCUT2D eigenvalue weighted by atomic mass is 10.1. The van der Waals surface area contributed by atoms with Gasteiger partial charge in [-0.05, 0) is 19.9 Å². The van der Waals surface area contributed by atoms with E-state index < -0.39 is 0 Å². The standard InChI is InChI=1S/C13H21NO2/c1-10(9-15-3)14-11(2)12-7-5-6-8-13(12)16-4/h5-8,10-11,14H,9H2,1-4H3/t10?,11-/m1/s1. The molecule has 90 valence electrons. The molecule has 1 unspecified atom stereocenters. The molecule has 0 aromatic heterocycles. The average Bonchev–Trinajstić information content (AvgIpc) is 2.29. The third kappa shape index (κ3) is 3.51. The van der Waals surface area contributed by atoms with E-state index in [1.807, 2.05) is 18.2 Å². The predicted molar refractivity (Wildman–Crippen MR) is 65.9 cm³/mol. The first-order valence-electron chi connectivity index (χ1n) is 5.57. The van der Waals surface area contributed by atoms with Crippen LogP contribution in [0.4, 0.5) is 0 Å². The summed E-state index contributed by atoms with van der Waals surface area (Å²) < 4.78 is 10.4. The van der Waals surface area contributed by atoms with Crippen molar-refractivity contribution in [2.45, 2.75) is 25.9 Å². The zero-order chi connectivity index (χ0) is 12.0. The van der Waals surface area contributed by atoms with Crippen molar-refractivity contribution in [3.8, 4) is 5.75 Å². The number of benzene rings is 1. The van der Waals surface area contributed by atoms with Crippen LogP contribution in [0.3, 0.4) is 0 Å². The van der Waals surface area contributed by atoms with E-state index in [4.69, 9.17) is 9.47 Å². The van der Waals surface area contributed by atoms with Gasteiger partial charge in [-0.1, -0.05) is 18.2 Å². The zero-order valence-electron chi connectivity index (χ0n) is 10.5. The third-order valence-corrected chi connectivity index (χ3v) is 2.56. The predicted octanol–water partition coefficient (Wildman–Crippen LogP) is 2.38. The van der Waals surface area contributed by atoms with E-state index in [2.05, 4.69) is 25.2 Å². The van der Waals surface area contributed by atoms with Crippen LogP contribution in [0.1, 0.15) is 25.5 Å². The average molecular weight is 223 g/mol. The van der Waals surface area contributed by atoms with Crippen LogP contribution in [0.25, 0.3) is 0 Å². The molecule has 0 bridgehead atoms. The van der Waals surface area contributed by atoms with Crippen LogP contribution in [-0.2, 0) is 4.74 Å². The first-order chi connectivity index (χ1) is 7.69. The summed E-state index contributed by atoms with van der Waals surface area (Å²) in [6.07, 6.45) is 0. The Labute approximate surface area is 97.8 Å². The van der Waals surface area contributed by atoms with Crippen molar-refractivity contribution in [1.29, 1.82) is 0 Å². The van der Waals surface area contributed by atoms with Gasteiger partial charge in [0.1, 0.15) is 5.75 Å². The van der Waals surface area contributed by atoms with E-state index in [-0.39, 0.29) is 6.04 Å². The SMILES string of the molecule is COCC(C)N[C@H](C)c1ccccc1OC. The summed E-state index contributed by atoms with van der Waals surface area (Å²) in [6.45, 7) is 4.94. The summed E-state index contributed by atoms with van der Waals surface area (Å²) in [5.74, 6) is 0.923. The van der Waals surface area contributed by atoms with E-state index >= 15 is 0 Å². The van der Waals surface area contributed by atoms with Crippen molar-refractivity contribution in [2.24, 2.45) is 0 Å². The molecule has 3 nitrogen and oxygen atoms in total. The summed E-state index contributed by atoms with van der Waals surface area (Å²) in [7, 11) is 3.41. The summed E-state index contributed by atoms with van der Waals surface area (Å²) in [5, 5.41) is 3.47. The number of rotatable bonds is 6. The monoisotopic (exact) mass is 223 g/mol. The molecule has 16 heavy (non-hydrogen) atoms. The molecule has 1 N–H and O–H groups in total. The summed E-state index contributed by atoms with van der Waals surface area (Å²) in [6, 6.07) is 8.64. The maximum Gasteiger partial charge on any atom is 0.123 e. The minimum atomic E-state index is 0.251. The minimum absolute atomic E-state index is 0.251. The Bertz CT molecular complexity index is 315. The highest BCUT2D eigenvalue weighted by Gasteiger charge is 2.12. The molecule has 2 atom stereocenters. The summed E-state index contributed by atoms with van der Waals surface area (Å²) >= 11 is 0. The second-order valence-corrected chi connectivity index (χ2v) is 3.99. The number of nitrogens with one attached hydrogen (secondary N) is 1.